The molecule has 0 amide bonds. The zero-order valence-corrected chi connectivity index (χ0v) is 10.8. The molecule has 0 saturated heterocycles. The van der Waals surface area contributed by atoms with Gasteiger partial charge in [-0.1, -0.05) is 18.5 Å². The minimum absolute atomic E-state index is 0.0745. The summed E-state index contributed by atoms with van der Waals surface area (Å²) in [7, 11) is 0. The van der Waals surface area contributed by atoms with Gasteiger partial charge >= 0.3 is 5.69 Å². The van der Waals surface area contributed by atoms with Crippen molar-refractivity contribution in [3.05, 3.63) is 33.7 Å². The molecule has 0 radical (unpaired) electrons. The third kappa shape index (κ3) is 2.97. The summed E-state index contributed by atoms with van der Waals surface area (Å²) in [5.74, 6) is 0.388. The van der Waals surface area contributed by atoms with E-state index < -0.39 is 4.92 Å². The Bertz CT molecular complexity index is 599. The molecule has 8 nitrogen and oxygen atoms in total. The van der Waals surface area contributed by atoms with Gasteiger partial charge in [-0.2, -0.15) is 10.1 Å². The van der Waals surface area contributed by atoms with Crippen molar-refractivity contribution in [2.45, 2.75) is 13.3 Å². The van der Waals surface area contributed by atoms with Crippen LogP contribution in [0.2, 0.25) is 5.02 Å². The highest BCUT2D eigenvalue weighted by Crippen LogP contribution is 2.21. The number of rotatable bonds is 5. The SMILES string of the molecule is CCCNc1ncc([N+](=O)[O-])c(-n2cc(Cl)cn2)n1. The maximum absolute atomic E-state index is 11.0. The lowest BCUT2D eigenvalue weighted by Crippen LogP contribution is -2.09. The van der Waals surface area contributed by atoms with E-state index in [2.05, 4.69) is 20.4 Å². The molecule has 2 aromatic heterocycles. The Morgan fingerprint density at radius 3 is 2.89 bits per heavy atom. The molecule has 0 aliphatic rings. The summed E-state index contributed by atoms with van der Waals surface area (Å²) >= 11 is 5.75. The largest absolute Gasteiger partial charge is 0.354 e. The second kappa shape index (κ2) is 5.61. The van der Waals surface area contributed by atoms with Crippen LogP contribution in [0.25, 0.3) is 5.82 Å². The lowest BCUT2D eigenvalue weighted by atomic mass is 10.4. The highest BCUT2D eigenvalue weighted by molar-refractivity contribution is 6.30. The van der Waals surface area contributed by atoms with Gasteiger partial charge < -0.3 is 5.32 Å². The third-order valence-electron chi connectivity index (χ3n) is 2.25. The quantitative estimate of drug-likeness (QED) is 0.665. The normalized spacial score (nSPS) is 10.4. The molecule has 0 saturated carbocycles. The second-order valence-corrected chi connectivity index (χ2v) is 4.13. The van der Waals surface area contributed by atoms with Crippen molar-refractivity contribution in [2.24, 2.45) is 0 Å². The van der Waals surface area contributed by atoms with Crippen molar-refractivity contribution in [3.8, 4) is 5.82 Å². The van der Waals surface area contributed by atoms with Crippen LogP contribution in [0.15, 0.2) is 18.6 Å². The van der Waals surface area contributed by atoms with Crippen molar-refractivity contribution in [2.75, 3.05) is 11.9 Å². The van der Waals surface area contributed by atoms with E-state index in [4.69, 9.17) is 11.6 Å². The predicted octanol–water partition coefficient (Wildman–Crippen LogP) is 2.05. The van der Waals surface area contributed by atoms with Crippen molar-refractivity contribution in [1.29, 1.82) is 0 Å². The minimum atomic E-state index is -0.561. The van der Waals surface area contributed by atoms with Gasteiger partial charge in [-0.3, -0.25) is 10.1 Å². The summed E-state index contributed by atoms with van der Waals surface area (Å²) in [5.41, 5.74) is -0.234. The fraction of sp³-hybridized carbons (Fsp3) is 0.300. The van der Waals surface area contributed by atoms with E-state index in [1.54, 1.807) is 0 Å². The Kier molecular flexibility index (Phi) is 3.91. The molecule has 0 atom stereocenters. The number of aromatic nitrogens is 4. The molecular weight excluding hydrogens is 272 g/mol. The number of nitrogens with one attached hydrogen (secondary N) is 1. The number of nitro groups is 1. The van der Waals surface area contributed by atoms with E-state index in [1.165, 1.54) is 17.1 Å². The Labute approximate surface area is 113 Å². The average molecular weight is 283 g/mol. The third-order valence-corrected chi connectivity index (χ3v) is 2.44. The molecule has 2 heterocycles. The van der Waals surface area contributed by atoms with Crippen LogP contribution in [0.5, 0.6) is 0 Å². The molecule has 0 aromatic carbocycles. The van der Waals surface area contributed by atoms with Crippen LogP contribution < -0.4 is 5.32 Å². The standard InChI is InChI=1S/C10H11ClN6O2/c1-2-3-12-10-13-5-8(17(18)19)9(15-10)16-6-7(11)4-14-16/h4-6H,2-3H2,1H3,(H,12,13,15). The number of hydrogen-bond donors (Lipinski definition) is 1. The highest BCUT2D eigenvalue weighted by atomic mass is 35.5. The molecular formula is C10H11ClN6O2. The first-order chi connectivity index (χ1) is 9.11. The van der Waals surface area contributed by atoms with Gasteiger partial charge in [0.1, 0.15) is 6.20 Å². The average Bonchev–Trinajstić information content (AvgIpc) is 2.82. The second-order valence-electron chi connectivity index (χ2n) is 3.69. The predicted molar refractivity (Wildman–Crippen MR) is 69.6 cm³/mol. The van der Waals surface area contributed by atoms with E-state index in [0.717, 1.165) is 12.6 Å². The zero-order chi connectivity index (χ0) is 13.8. The molecule has 9 heteroatoms. The molecule has 0 unspecified atom stereocenters. The van der Waals surface area contributed by atoms with Gasteiger partial charge in [0.2, 0.25) is 11.8 Å². The molecule has 0 bridgehead atoms. The minimum Gasteiger partial charge on any atom is -0.354 e. The molecule has 100 valence electrons. The van der Waals surface area contributed by atoms with Gasteiger partial charge in [0, 0.05) is 6.54 Å². The maximum Gasteiger partial charge on any atom is 0.332 e. The van der Waals surface area contributed by atoms with Crippen LogP contribution >= 0.6 is 11.6 Å². The van der Waals surface area contributed by atoms with Crippen LogP contribution in [0, 0.1) is 10.1 Å². The van der Waals surface area contributed by atoms with Crippen LogP contribution in [0.1, 0.15) is 13.3 Å². The number of hydrogen-bond acceptors (Lipinski definition) is 6. The maximum atomic E-state index is 11.0. The molecule has 2 rings (SSSR count). The number of nitrogens with zero attached hydrogens (tertiary/aromatic N) is 5. The van der Waals surface area contributed by atoms with Gasteiger partial charge in [0.25, 0.3) is 0 Å². The molecule has 2 aromatic rings. The molecule has 0 aliphatic heterocycles. The number of anilines is 1. The van der Waals surface area contributed by atoms with Gasteiger partial charge in [0.05, 0.1) is 22.3 Å². The summed E-state index contributed by atoms with van der Waals surface area (Å²) < 4.78 is 1.25. The monoisotopic (exact) mass is 282 g/mol. The van der Waals surface area contributed by atoms with Gasteiger partial charge in [-0.15, -0.1) is 0 Å². The first-order valence-electron chi connectivity index (χ1n) is 5.57. The van der Waals surface area contributed by atoms with Crippen LogP contribution in [0.4, 0.5) is 11.6 Å². The fourth-order valence-electron chi connectivity index (χ4n) is 1.40. The summed E-state index contributed by atoms with van der Waals surface area (Å²) in [6, 6.07) is 0. The molecule has 1 N–H and O–H groups in total. The molecule has 0 fully saturated rings. The lowest BCUT2D eigenvalue weighted by molar-refractivity contribution is -0.385. The Morgan fingerprint density at radius 2 is 2.32 bits per heavy atom. The van der Waals surface area contributed by atoms with E-state index >= 15 is 0 Å². The first kappa shape index (κ1) is 13.2. The molecule has 19 heavy (non-hydrogen) atoms. The Hall–Kier alpha value is -2.22. The van der Waals surface area contributed by atoms with Crippen LogP contribution in [-0.2, 0) is 0 Å². The van der Waals surface area contributed by atoms with Crippen molar-refractivity contribution < 1.29 is 4.92 Å². The summed E-state index contributed by atoms with van der Waals surface area (Å²) in [6.45, 7) is 2.67. The topological polar surface area (TPSA) is 98.8 Å². The van der Waals surface area contributed by atoms with E-state index in [1.807, 2.05) is 6.92 Å². The zero-order valence-electron chi connectivity index (χ0n) is 10.1. The smallest absolute Gasteiger partial charge is 0.332 e. The molecule has 0 spiro atoms. The van der Waals surface area contributed by atoms with Crippen molar-refractivity contribution in [1.82, 2.24) is 19.7 Å². The Morgan fingerprint density at radius 1 is 1.53 bits per heavy atom. The van der Waals surface area contributed by atoms with Crippen LogP contribution in [-0.4, -0.2) is 31.2 Å². The van der Waals surface area contributed by atoms with Gasteiger partial charge in [0.15, 0.2) is 0 Å². The first-order valence-corrected chi connectivity index (χ1v) is 5.95. The van der Waals surface area contributed by atoms with Crippen LogP contribution in [0.3, 0.4) is 0 Å². The van der Waals surface area contributed by atoms with Gasteiger partial charge in [-0.05, 0) is 6.42 Å². The lowest BCUT2D eigenvalue weighted by Gasteiger charge is -2.05. The Balaban J connectivity index is 2.44. The molecule has 0 aliphatic carbocycles. The summed E-state index contributed by atoms with van der Waals surface area (Å²) in [6.07, 6.45) is 4.87. The van der Waals surface area contributed by atoms with Gasteiger partial charge in [-0.25, -0.2) is 9.67 Å². The summed E-state index contributed by atoms with van der Waals surface area (Å²) in [4.78, 5) is 18.4. The van der Waals surface area contributed by atoms with E-state index in [-0.39, 0.29) is 11.5 Å². The summed E-state index contributed by atoms with van der Waals surface area (Å²) in [5, 5.41) is 18.2. The fourth-order valence-corrected chi connectivity index (χ4v) is 1.54. The number of halogens is 1. The highest BCUT2D eigenvalue weighted by Gasteiger charge is 2.19. The van der Waals surface area contributed by atoms with Crippen molar-refractivity contribution in [3.63, 3.8) is 0 Å². The van der Waals surface area contributed by atoms with Crippen molar-refractivity contribution >= 4 is 23.2 Å². The van der Waals surface area contributed by atoms with E-state index in [0.29, 0.717) is 17.5 Å². The van der Waals surface area contributed by atoms with E-state index in [9.17, 15) is 10.1 Å².